The van der Waals surface area contributed by atoms with E-state index in [0.717, 1.165) is 6.07 Å². The van der Waals surface area contributed by atoms with Crippen molar-refractivity contribution < 1.29 is 23.0 Å². The molecule has 0 saturated carbocycles. The van der Waals surface area contributed by atoms with Crippen LogP contribution < -0.4 is 4.74 Å². The minimum atomic E-state index is -4.81. The Bertz CT molecular complexity index is 361. The lowest BCUT2D eigenvalue weighted by atomic mass is 10.2. The van der Waals surface area contributed by atoms with Crippen LogP contribution in [0, 0.1) is 3.57 Å². The zero-order chi connectivity index (χ0) is 12.3. The van der Waals surface area contributed by atoms with Crippen molar-refractivity contribution in [2.45, 2.75) is 18.8 Å². The lowest BCUT2D eigenvalue weighted by molar-refractivity contribution is -0.276. The summed E-state index contributed by atoms with van der Waals surface area (Å²) in [6, 6.07) is 1.03. The summed E-state index contributed by atoms with van der Waals surface area (Å²) in [5.74, 6) is -0.673. The Balaban J connectivity index is 3.12. The molecule has 8 heteroatoms. The fourth-order valence-electron chi connectivity index (χ4n) is 0.987. The molecule has 0 bridgehead atoms. The molecule has 16 heavy (non-hydrogen) atoms. The summed E-state index contributed by atoms with van der Waals surface area (Å²) in [5, 5.41) is 8.95. The summed E-state index contributed by atoms with van der Waals surface area (Å²) >= 11 is 7.37. The third-order valence-corrected chi connectivity index (χ3v) is 3.16. The zero-order valence-corrected chi connectivity index (χ0v) is 10.6. The van der Waals surface area contributed by atoms with Crippen LogP contribution in [-0.2, 0) is 12.5 Å². The fourth-order valence-corrected chi connectivity index (χ4v) is 2.04. The molecule has 0 fully saturated rings. The number of aliphatic hydroxyl groups is 1. The lowest BCUT2D eigenvalue weighted by Crippen LogP contribution is -2.18. The Morgan fingerprint density at radius 1 is 1.50 bits per heavy atom. The van der Waals surface area contributed by atoms with Crippen molar-refractivity contribution in [3.05, 3.63) is 20.9 Å². The highest BCUT2D eigenvalue weighted by Crippen LogP contribution is 2.26. The summed E-state index contributed by atoms with van der Waals surface area (Å²) < 4.78 is 40.1. The topological polar surface area (TPSA) is 42.4 Å². The van der Waals surface area contributed by atoms with E-state index in [1.807, 2.05) is 22.6 Å². The van der Waals surface area contributed by atoms with Crippen molar-refractivity contribution in [3.63, 3.8) is 0 Å². The van der Waals surface area contributed by atoms with E-state index in [4.69, 9.17) is 16.7 Å². The number of pyridine rings is 1. The predicted octanol–water partition coefficient (Wildman–Crippen LogP) is 2.82. The minimum absolute atomic E-state index is 0.0552. The van der Waals surface area contributed by atoms with Gasteiger partial charge in [0.2, 0.25) is 5.88 Å². The van der Waals surface area contributed by atoms with Crippen molar-refractivity contribution >= 4 is 34.2 Å². The first-order valence-corrected chi connectivity index (χ1v) is 5.59. The normalized spacial score (nSPS) is 11.6. The number of aliphatic hydroxyl groups excluding tert-OH is 1. The number of aromatic nitrogens is 1. The summed E-state index contributed by atoms with van der Waals surface area (Å²) in [5.41, 5.74) is 0.540. The Morgan fingerprint density at radius 3 is 2.56 bits per heavy atom. The number of rotatable bonds is 3. The molecular weight excluding hydrogens is 361 g/mol. The maximum absolute atomic E-state index is 12.0. The van der Waals surface area contributed by atoms with Crippen LogP contribution in [0.2, 0.25) is 0 Å². The molecule has 3 nitrogen and oxygen atoms in total. The van der Waals surface area contributed by atoms with Crippen LogP contribution in [0.4, 0.5) is 13.2 Å². The van der Waals surface area contributed by atoms with Crippen molar-refractivity contribution in [1.82, 2.24) is 4.98 Å². The molecule has 90 valence electrons. The number of hydrogen-bond acceptors (Lipinski definition) is 3. The molecule has 0 aliphatic carbocycles. The highest BCUT2D eigenvalue weighted by molar-refractivity contribution is 14.1. The van der Waals surface area contributed by atoms with E-state index in [2.05, 4.69) is 9.72 Å². The molecule has 1 rings (SSSR count). The van der Waals surface area contributed by atoms with Gasteiger partial charge in [0.1, 0.15) is 0 Å². The van der Waals surface area contributed by atoms with E-state index in [9.17, 15) is 13.2 Å². The van der Waals surface area contributed by atoms with Gasteiger partial charge >= 0.3 is 6.36 Å². The molecule has 0 saturated heterocycles. The van der Waals surface area contributed by atoms with E-state index in [1.54, 1.807) is 0 Å². The smallest absolute Gasteiger partial charge is 0.392 e. The van der Waals surface area contributed by atoms with Gasteiger partial charge in [-0.05, 0) is 28.2 Å². The first-order chi connectivity index (χ1) is 7.37. The number of hydrogen-bond donors (Lipinski definition) is 1. The highest BCUT2D eigenvalue weighted by atomic mass is 127. The van der Waals surface area contributed by atoms with Crippen molar-refractivity contribution in [2.24, 2.45) is 0 Å². The standard InChI is InChI=1S/C8H6ClF3INO2/c9-2-5-7(13)4(3-15)1-6(14-5)16-8(10,11)12/h1,15H,2-3H2. The SMILES string of the molecule is OCc1cc(OC(F)(F)F)nc(CCl)c1I. The molecule has 0 spiro atoms. The number of ether oxygens (including phenoxy) is 1. The predicted molar refractivity (Wildman–Crippen MR) is 59.1 cm³/mol. The van der Waals surface area contributed by atoms with Crippen LogP contribution in [0.5, 0.6) is 5.88 Å². The second-order valence-electron chi connectivity index (χ2n) is 2.72. The van der Waals surface area contributed by atoms with Crippen molar-refractivity contribution in [3.8, 4) is 5.88 Å². The Morgan fingerprint density at radius 2 is 2.12 bits per heavy atom. The largest absolute Gasteiger partial charge is 0.574 e. The van der Waals surface area contributed by atoms with E-state index >= 15 is 0 Å². The average Bonchev–Trinajstić information content (AvgIpc) is 2.18. The molecule has 1 aromatic rings. The quantitative estimate of drug-likeness (QED) is 0.660. The highest BCUT2D eigenvalue weighted by Gasteiger charge is 2.32. The minimum Gasteiger partial charge on any atom is -0.392 e. The van der Waals surface area contributed by atoms with Crippen LogP contribution in [0.1, 0.15) is 11.3 Å². The molecule has 1 aromatic heterocycles. The van der Waals surface area contributed by atoms with Crippen molar-refractivity contribution in [1.29, 1.82) is 0 Å². The van der Waals surface area contributed by atoms with Gasteiger partial charge in [-0.3, -0.25) is 0 Å². The van der Waals surface area contributed by atoms with Crippen molar-refractivity contribution in [2.75, 3.05) is 0 Å². The van der Waals surface area contributed by atoms with E-state index in [0.29, 0.717) is 9.13 Å². The monoisotopic (exact) mass is 367 g/mol. The first-order valence-electron chi connectivity index (χ1n) is 3.98. The van der Waals surface area contributed by atoms with Crippen LogP contribution in [0.15, 0.2) is 6.07 Å². The molecule has 0 aliphatic heterocycles. The zero-order valence-electron chi connectivity index (χ0n) is 7.68. The van der Waals surface area contributed by atoms with Crippen LogP contribution in [-0.4, -0.2) is 16.5 Å². The maximum atomic E-state index is 12.0. The first kappa shape index (κ1) is 13.8. The number of nitrogens with zero attached hydrogens (tertiary/aromatic N) is 1. The molecule has 0 atom stereocenters. The molecule has 0 aliphatic rings. The van der Waals surface area contributed by atoms with Gasteiger partial charge < -0.3 is 9.84 Å². The van der Waals surface area contributed by atoms with Crippen LogP contribution in [0.3, 0.4) is 0 Å². The fraction of sp³-hybridized carbons (Fsp3) is 0.375. The van der Waals surface area contributed by atoms with Crippen LogP contribution >= 0.6 is 34.2 Å². The summed E-state index contributed by atoms with van der Waals surface area (Å²) in [7, 11) is 0. The average molecular weight is 367 g/mol. The Labute approximate surface area is 108 Å². The molecule has 1 N–H and O–H groups in total. The molecular formula is C8H6ClF3INO2. The Hall–Kier alpha value is -0.280. The summed E-state index contributed by atoms with van der Waals surface area (Å²) in [4.78, 5) is 3.59. The summed E-state index contributed by atoms with van der Waals surface area (Å²) in [6.45, 7) is -0.404. The summed E-state index contributed by atoms with van der Waals surface area (Å²) in [6.07, 6.45) is -4.81. The second-order valence-corrected chi connectivity index (χ2v) is 4.07. The molecule has 0 unspecified atom stereocenters. The maximum Gasteiger partial charge on any atom is 0.574 e. The van der Waals surface area contributed by atoms with Gasteiger partial charge in [0.05, 0.1) is 18.2 Å². The molecule has 0 amide bonds. The third kappa shape index (κ3) is 3.63. The van der Waals surface area contributed by atoms with E-state index in [-0.39, 0.29) is 11.6 Å². The van der Waals surface area contributed by atoms with Gasteiger partial charge in [-0.25, -0.2) is 4.98 Å². The third-order valence-electron chi connectivity index (χ3n) is 1.60. The second kappa shape index (κ2) is 5.37. The van der Waals surface area contributed by atoms with E-state index < -0.39 is 18.8 Å². The lowest BCUT2D eigenvalue weighted by Gasteiger charge is -2.11. The van der Waals surface area contributed by atoms with Gasteiger partial charge in [-0.1, -0.05) is 0 Å². The molecule has 1 heterocycles. The Kier molecular flexibility index (Phi) is 4.62. The molecule has 0 aromatic carbocycles. The van der Waals surface area contributed by atoms with Gasteiger partial charge in [0.25, 0.3) is 0 Å². The molecule has 0 radical (unpaired) electrons. The van der Waals surface area contributed by atoms with Gasteiger partial charge in [0, 0.05) is 9.64 Å². The van der Waals surface area contributed by atoms with E-state index in [1.165, 1.54) is 0 Å². The number of alkyl halides is 4. The number of halogens is 5. The van der Waals surface area contributed by atoms with Gasteiger partial charge in [-0.15, -0.1) is 24.8 Å². The van der Waals surface area contributed by atoms with Gasteiger partial charge in [0.15, 0.2) is 0 Å². The van der Waals surface area contributed by atoms with Crippen LogP contribution in [0.25, 0.3) is 0 Å². The van der Waals surface area contributed by atoms with Gasteiger partial charge in [-0.2, -0.15) is 0 Å².